The van der Waals surface area contributed by atoms with Crippen LogP contribution in [0.3, 0.4) is 0 Å². The van der Waals surface area contributed by atoms with Gasteiger partial charge >= 0.3 is 0 Å². The summed E-state index contributed by atoms with van der Waals surface area (Å²) in [4.78, 5) is 6.51. The molecule has 2 aromatic rings. The minimum Gasteiger partial charge on any atom is -0.326 e. The third-order valence-corrected chi connectivity index (χ3v) is 2.98. The lowest BCUT2D eigenvalue weighted by Gasteiger charge is -2.12. The van der Waals surface area contributed by atoms with Crippen LogP contribution in [0.15, 0.2) is 18.2 Å². The molecule has 0 amide bonds. The van der Waals surface area contributed by atoms with Crippen molar-refractivity contribution in [3.8, 4) is 0 Å². The summed E-state index contributed by atoms with van der Waals surface area (Å²) in [6.07, 6.45) is 0. The van der Waals surface area contributed by atoms with Crippen LogP contribution in [0, 0.1) is 5.82 Å². The van der Waals surface area contributed by atoms with E-state index in [2.05, 4.69) is 27.1 Å². The molecule has 0 spiro atoms. The van der Waals surface area contributed by atoms with Crippen LogP contribution < -0.4 is 0 Å². The molecule has 0 atom stereocenters. The van der Waals surface area contributed by atoms with Crippen LogP contribution in [0.2, 0.25) is 0 Å². The zero-order valence-electron chi connectivity index (χ0n) is 10.0. The lowest BCUT2D eigenvalue weighted by Crippen LogP contribution is -2.19. The van der Waals surface area contributed by atoms with E-state index in [1.165, 1.54) is 12.1 Å². The smallest absolute Gasteiger partial charge is 0.125 e. The number of rotatable bonds is 4. The Labute approximate surface area is 106 Å². The van der Waals surface area contributed by atoms with Gasteiger partial charge in [-0.15, -0.1) is 0 Å². The maximum absolute atomic E-state index is 13.1. The van der Waals surface area contributed by atoms with Crippen LogP contribution in [0.4, 0.5) is 4.39 Å². The Hall–Kier alpha value is -1.07. The van der Waals surface area contributed by atoms with Gasteiger partial charge in [0.05, 0.1) is 11.0 Å². The number of thiol groups is 1. The van der Waals surface area contributed by atoms with Crippen molar-refractivity contribution >= 4 is 23.7 Å². The first-order chi connectivity index (χ1) is 8.11. The third kappa shape index (κ3) is 2.61. The van der Waals surface area contributed by atoms with Crippen molar-refractivity contribution in [2.24, 2.45) is 0 Å². The number of likely N-dealkylation sites (N-methyl/N-ethyl adjacent to an activating group) is 1. The number of halogens is 1. The zero-order valence-corrected chi connectivity index (χ0v) is 10.9. The summed E-state index contributed by atoms with van der Waals surface area (Å²) in [6.45, 7) is 1.76. The van der Waals surface area contributed by atoms with Gasteiger partial charge in [-0.05, 0) is 26.2 Å². The number of aromatic nitrogens is 2. The Kier molecular flexibility index (Phi) is 3.69. The molecular formula is C12H16FN3S. The molecule has 1 aromatic heterocycles. The lowest BCUT2D eigenvalue weighted by molar-refractivity contribution is 0.384. The van der Waals surface area contributed by atoms with Gasteiger partial charge in [-0.3, -0.25) is 0 Å². The first-order valence-corrected chi connectivity index (χ1v) is 6.15. The summed E-state index contributed by atoms with van der Waals surface area (Å²) in [5.74, 6) is 1.19. The maximum atomic E-state index is 13.1. The quantitative estimate of drug-likeness (QED) is 0.843. The molecule has 0 bridgehead atoms. The number of hydrogen-bond donors (Lipinski definition) is 1. The fourth-order valence-electron chi connectivity index (χ4n) is 1.82. The molecule has 0 N–H and O–H groups in total. The van der Waals surface area contributed by atoms with E-state index in [-0.39, 0.29) is 5.82 Å². The number of benzene rings is 1. The van der Waals surface area contributed by atoms with Gasteiger partial charge in [-0.2, -0.15) is 12.6 Å². The normalized spacial score (nSPS) is 11.6. The Balaban J connectivity index is 2.43. The Morgan fingerprint density at radius 2 is 2.18 bits per heavy atom. The van der Waals surface area contributed by atoms with Crippen molar-refractivity contribution in [3.05, 3.63) is 29.8 Å². The fourth-order valence-corrected chi connectivity index (χ4v) is 2.06. The first-order valence-electron chi connectivity index (χ1n) is 5.52. The summed E-state index contributed by atoms with van der Waals surface area (Å²) in [5, 5.41) is 0. The van der Waals surface area contributed by atoms with E-state index in [9.17, 15) is 4.39 Å². The van der Waals surface area contributed by atoms with Crippen LogP contribution in [0.5, 0.6) is 0 Å². The number of hydrogen-bond acceptors (Lipinski definition) is 3. The third-order valence-electron chi connectivity index (χ3n) is 2.70. The molecule has 0 radical (unpaired) electrons. The van der Waals surface area contributed by atoms with E-state index in [0.29, 0.717) is 11.3 Å². The molecule has 5 heteroatoms. The molecule has 0 aliphatic carbocycles. The van der Waals surface area contributed by atoms with Crippen LogP contribution >= 0.6 is 12.6 Å². The van der Waals surface area contributed by atoms with Gasteiger partial charge in [-0.1, -0.05) is 0 Å². The molecule has 0 fully saturated rings. The molecule has 0 saturated heterocycles. The van der Waals surface area contributed by atoms with Crippen molar-refractivity contribution in [2.45, 2.75) is 12.3 Å². The van der Waals surface area contributed by atoms with Crippen LogP contribution in [-0.4, -0.2) is 35.1 Å². The van der Waals surface area contributed by atoms with Crippen LogP contribution in [-0.2, 0) is 12.3 Å². The highest BCUT2D eigenvalue weighted by Gasteiger charge is 2.10. The summed E-state index contributed by atoms with van der Waals surface area (Å²) in [6, 6.07) is 4.72. The second-order valence-corrected chi connectivity index (χ2v) is 4.59. The lowest BCUT2D eigenvalue weighted by atomic mass is 10.3. The Bertz CT molecular complexity index is 522. The zero-order chi connectivity index (χ0) is 12.4. The van der Waals surface area contributed by atoms with E-state index in [4.69, 9.17) is 0 Å². The molecule has 92 valence electrons. The van der Waals surface area contributed by atoms with Gasteiger partial charge in [0, 0.05) is 24.9 Å². The molecule has 1 aromatic carbocycles. The fraction of sp³-hybridized carbons (Fsp3) is 0.417. The van der Waals surface area contributed by atoms with E-state index < -0.39 is 0 Å². The standard InChI is InChI=1S/C12H16FN3S/c1-15(2)5-6-16-11-4-3-9(13)7-10(11)14-12(16)8-17/h3-4,7,17H,5-6,8H2,1-2H3. The van der Waals surface area contributed by atoms with Gasteiger partial charge in [0.15, 0.2) is 0 Å². The van der Waals surface area contributed by atoms with E-state index in [0.717, 1.165) is 24.4 Å². The monoisotopic (exact) mass is 253 g/mol. The SMILES string of the molecule is CN(C)CCn1c(CS)nc2cc(F)ccc21. The molecule has 0 aliphatic heterocycles. The predicted molar refractivity (Wildman–Crippen MR) is 70.9 cm³/mol. The highest BCUT2D eigenvalue weighted by atomic mass is 32.1. The van der Waals surface area contributed by atoms with E-state index >= 15 is 0 Å². The van der Waals surface area contributed by atoms with Gasteiger partial charge < -0.3 is 9.47 Å². The second-order valence-electron chi connectivity index (χ2n) is 4.27. The highest BCUT2D eigenvalue weighted by molar-refractivity contribution is 7.79. The molecule has 17 heavy (non-hydrogen) atoms. The molecule has 2 rings (SSSR count). The van der Waals surface area contributed by atoms with Crippen molar-refractivity contribution < 1.29 is 4.39 Å². The molecular weight excluding hydrogens is 237 g/mol. The van der Waals surface area contributed by atoms with Gasteiger partial charge in [0.2, 0.25) is 0 Å². The van der Waals surface area contributed by atoms with Crippen molar-refractivity contribution in [3.63, 3.8) is 0 Å². The van der Waals surface area contributed by atoms with Gasteiger partial charge in [0.25, 0.3) is 0 Å². The van der Waals surface area contributed by atoms with Crippen molar-refractivity contribution in [1.82, 2.24) is 14.5 Å². The molecule has 0 saturated carbocycles. The number of fused-ring (bicyclic) bond motifs is 1. The van der Waals surface area contributed by atoms with E-state index in [1.54, 1.807) is 6.07 Å². The molecule has 0 aliphatic rings. The average molecular weight is 253 g/mol. The average Bonchev–Trinajstić information content (AvgIpc) is 2.63. The Morgan fingerprint density at radius 1 is 1.41 bits per heavy atom. The van der Waals surface area contributed by atoms with E-state index in [1.807, 2.05) is 14.1 Å². The van der Waals surface area contributed by atoms with Gasteiger partial charge in [0.1, 0.15) is 11.6 Å². The highest BCUT2D eigenvalue weighted by Crippen LogP contribution is 2.18. The largest absolute Gasteiger partial charge is 0.326 e. The summed E-state index contributed by atoms with van der Waals surface area (Å²) in [7, 11) is 4.05. The maximum Gasteiger partial charge on any atom is 0.125 e. The number of nitrogens with zero attached hydrogens (tertiary/aromatic N) is 3. The molecule has 1 heterocycles. The van der Waals surface area contributed by atoms with Gasteiger partial charge in [-0.25, -0.2) is 9.37 Å². The second kappa shape index (κ2) is 5.06. The van der Waals surface area contributed by atoms with Crippen LogP contribution in [0.1, 0.15) is 5.82 Å². The summed E-state index contributed by atoms with van der Waals surface area (Å²) < 4.78 is 15.2. The topological polar surface area (TPSA) is 21.1 Å². The van der Waals surface area contributed by atoms with Crippen molar-refractivity contribution in [2.75, 3.05) is 20.6 Å². The Morgan fingerprint density at radius 3 is 2.82 bits per heavy atom. The molecule has 3 nitrogen and oxygen atoms in total. The van der Waals surface area contributed by atoms with Crippen LogP contribution in [0.25, 0.3) is 11.0 Å². The minimum absolute atomic E-state index is 0.250. The minimum atomic E-state index is -0.250. The predicted octanol–water partition coefficient (Wildman–Crippen LogP) is 2.17. The summed E-state index contributed by atoms with van der Waals surface area (Å²) >= 11 is 4.27. The van der Waals surface area contributed by atoms with Crippen molar-refractivity contribution in [1.29, 1.82) is 0 Å². The number of imidazole rings is 1. The summed E-state index contributed by atoms with van der Waals surface area (Å²) in [5.41, 5.74) is 1.67. The first kappa shape index (κ1) is 12.4. The molecule has 0 unspecified atom stereocenters.